The van der Waals surface area contributed by atoms with Gasteiger partial charge >= 0.3 is 6.18 Å². The van der Waals surface area contributed by atoms with Crippen molar-refractivity contribution in [3.8, 4) is 6.07 Å². The van der Waals surface area contributed by atoms with E-state index in [1.165, 1.54) is 18.2 Å². The van der Waals surface area contributed by atoms with Gasteiger partial charge in [0, 0.05) is 5.33 Å². The van der Waals surface area contributed by atoms with Gasteiger partial charge in [-0.2, -0.15) is 18.4 Å². The van der Waals surface area contributed by atoms with Crippen LogP contribution in [0.4, 0.5) is 13.2 Å². The molecule has 0 radical (unpaired) electrons. The molecular formula is C9H5BrF3N. The van der Waals surface area contributed by atoms with E-state index in [0.29, 0.717) is 0 Å². The molecule has 5 heteroatoms. The molecule has 0 spiro atoms. The van der Waals surface area contributed by atoms with E-state index in [1.54, 1.807) is 0 Å². The molecule has 1 aromatic rings. The molecule has 0 atom stereocenters. The summed E-state index contributed by atoms with van der Waals surface area (Å²) in [4.78, 5) is 0. The van der Waals surface area contributed by atoms with Gasteiger partial charge in [-0.1, -0.05) is 28.1 Å². The van der Waals surface area contributed by atoms with E-state index in [1.807, 2.05) is 0 Å². The molecule has 0 aliphatic heterocycles. The zero-order chi connectivity index (χ0) is 10.8. The molecule has 0 saturated carbocycles. The molecule has 0 aliphatic carbocycles. The first-order valence-corrected chi connectivity index (χ1v) is 4.78. The third-order valence-corrected chi connectivity index (χ3v) is 2.30. The van der Waals surface area contributed by atoms with Gasteiger partial charge in [0.05, 0.1) is 17.2 Å². The van der Waals surface area contributed by atoms with Crippen molar-refractivity contribution in [1.29, 1.82) is 5.26 Å². The molecule has 0 saturated heterocycles. The monoisotopic (exact) mass is 263 g/mol. The number of halogens is 4. The standard InChI is InChI=1S/C9H5BrF3N/c10-4-6-2-1-3-7(5-14)8(6)9(11,12)13/h1-3H,4H2. The Morgan fingerprint density at radius 3 is 2.43 bits per heavy atom. The summed E-state index contributed by atoms with van der Waals surface area (Å²) in [5.74, 6) is 0. The summed E-state index contributed by atoms with van der Waals surface area (Å²) in [5, 5.41) is 8.62. The highest BCUT2D eigenvalue weighted by Gasteiger charge is 2.35. The average molecular weight is 264 g/mol. The zero-order valence-electron chi connectivity index (χ0n) is 6.90. The lowest BCUT2D eigenvalue weighted by molar-refractivity contribution is -0.138. The van der Waals surface area contributed by atoms with E-state index in [-0.39, 0.29) is 16.5 Å². The third-order valence-electron chi connectivity index (χ3n) is 1.70. The van der Waals surface area contributed by atoms with Crippen LogP contribution in [0, 0.1) is 11.3 Å². The Balaban J connectivity index is 3.44. The number of benzene rings is 1. The van der Waals surface area contributed by atoms with Crippen LogP contribution in [0.15, 0.2) is 18.2 Å². The first-order chi connectivity index (χ1) is 6.50. The van der Waals surface area contributed by atoms with Crippen molar-refractivity contribution >= 4 is 15.9 Å². The molecule has 0 heterocycles. The summed E-state index contributed by atoms with van der Waals surface area (Å²) < 4.78 is 37.5. The molecule has 0 bridgehead atoms. The van der Waals surface area contributed by atoms with Crippen LogP contribution in [0.2, 0.25) is 0 Å². The van der Waals surface area contributed by atoms with Crippen LogP contribution in [0.25, 0.3) is 0 Å². The number of nitriles is 1. The van der Waals surface area contributed by atoms with Crippen LogP contribution >= 0.6 is 15.9 Å². The van der Waals surface area contributed by atoms with E-state index < -0.39 is 11.7 Å². The topological polar surface area (TPSA) is 23.8 Å². The van der Waals surface area contributed by atoms with Gasteiger partial charge in [0.2, 0.25) is 0 Å². The Hall–Kier alpha value is -1.02. The fraction of sp³-hybridized carbons (Fsp3) is 0.222. The first-order valence-electron chi connectivity index (χ1n) is 3.66. The summed E-state index contributed by atoms with van der Waals surface area (Å²) in [6, 6.07) is 5.48. The second-order valence-electron chi connectivity index (χ2n) is 2.58. The van der Waals surface area contributed by atoms with Crippen LogP contribution < -0.4 is 0 Å². The maximum absolute atomic E-state index is 12.5. The van der Waals surface area contributed by atoms with Crippen molar-refractivity contribution in [3.63, 3.8) is 0 Å². The lowest BCUT2D eigenvalue weighted by atomic mass is 10.0. The Morgan fingerprint density at radius 2 is 2.00 bits per heavy atom. The van der Waals surface area contributed by atoms with E-state index in [2.05, 4.69) is 15.9 Å². The zero-order valence-corrected chi connectivity index (χ0v) is 8.48. The highest BCUT2D eigenvalue weighted by molar-refractivity contribution is 9.08. The lowest BCUT2D eigenvalue weighted by Crippen LogP contribution is -2.11. The third kappa shape index (κ3) is 2.07. The molecule has 0 aromatic heterocycles. The summed E-state index contributed by atoms with van der Waals surface area (Å²) in [6.45, 7) is 0. The number of alkyl halides is 4. The quantitative estimate of drug-likeness (QED) is 0.712. The molecular weight excluding hydrogens is 259 g/mol. The number of hydrogen-bond donors (Lipinski definition) is 0. The van der Waals surface area contributed by atoms with E-state index in [0.717, 1.165) is 6.07 Å². The minimum Gasteiger partial charge on any atom is -0.192 e. The van der Waals surface area contributed by atoms with Crippen LogP contribution in [0.3, 0.4) is 0 Å². The summed E-state index contributed by atoms with van der Waals surface area (Å²) in [6.07, 6.45) is -4.48. The fourth-order valence-corrected chi connectivity index (χ4v) is 1.61. The Kier molecular flexibility index (Phi) is 3.17. The normalized spacial score (nSPS) is 11.1. The van der Waals surface area contributed by atoms with Gasteiger partial charge in [0.25, 0.3) is 0 Å². The molecule has 1 rings (SSSR count). The van der Waals surface area contributed by atoms with E-state index in [9.17, 15) is 13.2 Å². The SMILES string of the molecule is N#Cc1cccc(CBr)c1C(F)(F)F. The largest absolute Gasteiger partial charge is 0.417 e. The van der Waals surface area contributed by atoms with Gasteiger partial charge in [-0.15, -0.1) is 0 Å². The summed E-state index contributed by atoms with van der Waals surface area (Å²) >= 11 is 2.95. The molecule has 14 heavy (non-hydrogen) atoms. The van der Waals surface area contributed by atoms with Gasteiger partial charge < -0.3 is 0 Å². The lowest BCUT2D eigenvalue weighted by Gasteiger charge is -2.12. The minimum absolute atomic E-state index is 0.0801. The van der Waals surface area contributed by atoms with Gasteiger partial charge in [-0.25, -0.2) is 0 Å². The van der Waals surface area contributed by atoms with Crippen LogP contribution in [0.5, 0.6) is 0 Å². The minimum atomic E-state index is -4.48. The Bertz CT molecular complexity index is 379. The number of rotatable bonds is 1. The van der Waals surface area contributed by atoms with Crippen molar-refractivity contribution in [1.82, 2.24) is 0 Å². The molecule has 0 fully saturated rings. The summed E-state index contributed by atoms with van der Waals surface area (Å²) in [5.41, 5.74) is -1.11. The Morgan fingerprint density at radius 1 is 1.36 bits per heavy atom. The number of nitrogens with zero attached hydrogens (tertiary/aromatic N) is 1. The molecule has 0 aliphatic rings. The van der Waals surface area contributed by atoms with Crippen molar-refractivity contribution in [3.05, 3.63) is 34.9 Å². The average Bonchev–Trinajstić information content (AvgIpc) is 2.15. The van der Waals surface area contributed by atoms with Gasteiger partial charge in [-0.05, 0) is 11.6 Å². The van der Waals surface area contributed by atoms with Gasteiger partial charge in [0.1, 0.15) is 0 Å². The fourth-order valence-electron chi connectivity index (χ4n) is 1.14. The molecule has 0 unspecified atom stereocenters. The molecule has 1 nitrogen and oxygen atoms in total. The van der Waals surface area contributed by atoms with Crippen LogP contribution in [-0.4, -0.2) is 0 Å². The van der Waals surface area contributed by atoms with Gasteiger partial charge in [0.15, 0.2) is 0 Å². The number of hydrogen-bond acceptors (Lipinski definition) is 1. The maximum atomic E-state index is 12.5. The summed E-state index contributed by atoms with van der Waals surface area (Å²) in [7, 11) is 0. The molecule has 74 valence electrons. The predicted molar refractivity (Wildman–Crippen MR) is 48.8 cm³/mol. The maximum Gasteiger partial charge on any atom is 0.417 e. The smallest absolute Gasteiger partial charge is 0.192 e. The van der Waals surface area contributed by atoms with Crippen LogP contribution in [-0.2, 0) is 11.5 Å². The van der Waals surface area contributed by atoms with Gasteiger partial charge in [-0.3, -0.25) is 0 Å². The highest BCUT2D eigenvalue weighted by atomic mass is 79.9. The van der Waals surface area contributed by atoms with Crippen molar-refractivity contribution < 1.29 is 13.2 Å². The predicted octanol–water partition coefficient (Wildman–Crippen LogP) is 3.47. The molecule has 0 amide bonds. The van der Waals surface area contributed by atoms with E-state index in [4.69, 9.17) is 5.26 Å². The van der Waals surface area contributed by atoms with E-state index >= 15 is 0 Å². The van der Waals surface area contributed by atoms with Crippen LogP contribution in [0.1, 0.15) is 16.7 Å². The molecule has 1 aromatic carbocycles. The highest BCUT2D eigenvalue weighted by Crippen LogP contribution is 2.35. The molecule has 0 N–H and O–H groups in total. The van der Waals surface area contributed by atoms with Crippen molar-refractivity contribution in [2.45, 2.75) is 11.5 Å². The van der Waals surface area contributed by atoms with Crippen molar-refractivity contribution in [2.24, 2.45) is 0 Å². The second-order valence-corrected chi connectivity index (χ2v) is 3.14. The van der Waals surface area contributed by atoms with Crippen molar-refractivity contribution in [2.75, 3.05) is 0 Å². The second kappa shape index (κ2) is 4.01. The first kappa shape index (κ1) is 11.1. The Labute approximate surface area is 87.3 Å².